The number of hydrogen-bond donors (Lipinski definition) is 1. The SMILES string of the molecule is Brc1ccc(CNc2ccc(Br)c3ccccc23)cc1Br. The predicted octanol–water partition coefficient (Wildman–Crippen LogP) is 6.74. The smallest absolute Gasteiger partial charge is 0.0423 e. The topological polar surface area (TPSA) is 12.0 Å². The summed E-state index contributed by atoms with van der Waals surface area (Å²) in [7, 11) is 0. The van der Waals surface area contributed by atoms with Crippen molar-refractivity contribution in [3.8, 4) is 0 Å². The maximum Gasteiger partial charge on any atom is 0.0423 e. The number of fused-ring (bicyclic) bond motifs is 1. The zero-order chi connectivity index (χ0) is 14.8. The molecule has 3 aromatic carbocycles. The summed E-state index contributed by atoms with van der Waals surface area (Å²) < 4.78 is 3.26. The van der Waals surface area contributed by atoms with Gasteiger partial charge in [-0.3, -0.25) is 0 Å². The van der Waals surface area contributed by atoms with E-state index < -0.39 is 0 Å². The third kappa shape index (κ3) is 3.33. The third-order valence-corrected chi connectivity index (χ3v) is 5.91. The summed E-state index contributed by atoms with van der Waals surface area (Å²) in [5.74, 6) is 0. The van der Waals surface area contributed by atoms with Crippen molar-refractivity contribution in [2.45, 2.75) is 6.54 Å². The van der Waals surface area contributed by atoms with Crippen molar-refractivity contribution in [3.63, 3.8) is 0 Å². The summed E-state index contributed by atoms with van der Waals surface area (Å²) >= 11 is 10.6. The molecule has 0 aromatic heterocycles. The maximum atomic E-state index is 3.61. The van der Waals surface area contributed by atoms with Crippen LogP contribution in [-0.4, -0.2) is 0 Å². The summed E-state index contributed by atoms with van der Waals surface area (Å²) in [5, 5.41) is 5.97. The lowest BCUT2D eigenvalue weighted by Gasteiger charge is -2.11. The van der Waals surface area contributed by atoms with Gasteiger partial charge in [-0.25, -0.2) is 0 Å². The van der Waals surface area contributed by atoms with Crippen molar-refractivity contribution in [1.29, 1.82) is 0 Å². The molecule has 21 heavy (non-hydrogen) atoms. The standard InChI is InChI=1S/C17H12Br3N/c18-14-7-8-17(13-4-2-1-3-12(13)14)21-10-11-5-6-15(19)16(20)9-11/h1-9,21H,10H2. The van der Waals surface area contributed by atoms with Gasteiger partial charge in [0, 0.05) is 31.0 Å². The third-order valence-electron chi connectivity index (χ3n) is 3.34. The van der Waals surface area contributed by atoms with Crippen molar-refractivity contribution < 1.29 is 0 Å². The second kappa shape index (κ2) is 6.51. The molecule has 0 atom stereocenters. The van der Waals surface area contributed by atoms with Gasteiger partial charge in [0.05, 0.1) is 0 Å². The van der Waals surface area contributed by atoms with Crippen LogP contribution in [0.5, 0.6) is 0 Å². The molecule has 0 amide bonds. The first kappa shape index (κ1) is 15.1. The molecule has 0 fully saturated rings. The Morgan fingerprint density at radius 2 is 1.43 bits per heavy atom. The van der Waals surface area contributed by atoms with Crippen LogP contribution in [0.15, 0.2) is 68.0 Å². The van der Waals surface area contributed by atoms with E-state index in [1.807, 2.05) is 0 Å². The van der Waals surface area contributed by atoms with Gasteiger partial charge in [-0.15, -0.1) is 0 Å². The van der Waals surface area contributed by atoms with Crippen LogP contribution < -0.4 is 5.32 Å². The van der Waals surface area contributed by atoms with E-state index in [1.165, 1.54) is 16.3 Å². The van der Waals surface area contributed by atoms with Crippen LogP contribution in [0.25, 0.3) is 10.8 Å². The molecule has 0 spiro atoms. The minimum Gasteiger partial charge on any atom is -0.380 e. The van der Waals surface area contributed by atoms with Gasteiger partial charge in [0.2, 0.25) is 0 Å². The Morgan fingerprint density at radius 3 is 2.19 bits per heavy atom. The minimum absolute atomic E-state index is 0.789. The Morgan fingerprint density at radius 1 is 0.714 bits per heavy atom. The zero-order valence-corrected chi connectivity index (χ0v) is 15.8. The second-order valence-corrected chi connectivity index (χ2v) is 7.31. The second-order valence-electron chi connectivity index (χ2n) is 4.74. The van der Waals surface area contributed by atoms with Gasteiger partial charge in [0.1, 0.15) is 0 Å². The highest BCUT2D eigenvalue weighted by Crippen LogP contribution is 2.30. The molecule has 1 N–H and O–H groups in total. The molecular weight excluding hydrogens is 458 g/mol. The van der Waals surface area contributed by atoms with Crippen LogP contribution in [0.1, 0.15) is 5.56 Å². The first-order valence-corrected chi connectivity index (χ1v) is 8.88. The van der Waals surface area contributed by atoms with Crippen LogP contribution in [0, 0.1) is 0 Å². The van der Waals surface area contributed by atoms with E-state index in [-0.39, 0.29) is 0 Å². The zero-order valence-electron chi connectivity index (χ0n) is 11.0. The first-order chi connectivity index (χ1) is 10.1. The van der Waals surface area contributed by atoms with Gasteiger partial charge >= 0.3 is 0 Å². The average molecular weight is 470 g/mol. The van der Waals surface area contributed by atoms with Gasteiger partial charge < -0.3 is 5.32 Å². The lowest BCUT2D eigenvalue weighted by Crippen LogP contribution is -2.00. The average Bonchev–Trinajstić information content (AvgIpc) is 2.50. The van der Waals surface area contributed by atoms with E-state index in [2.05, 4.69) is 108 Å². The van der Waals surface area contributed by atoms with Gasteiger partial charge in [0.15, 0.2) is 0 Å². The summed E-state index contributed by atoms with van der Waals surface area (Å²) in [6.07, 6.45) is 0. The van der Waals surface area contributed by atoms with E-state index in [0.717, 1.165) is 25.7 Å². The largest absolute Gasteiger partial charge is 0.380 e. The highest BCUT2D eigenvalue weighted by atomic mass is 79.9. The molecule has 0 saturated carbocycles. The molecule has 0 bridgehead atoms. The van der Waals surface area contributed by atoms with E-state index in [4.69, 9.17) is 0 Å². The fraction of sp³-hybridized carbons (Fsp3) is 0.0588. The minimum atomic E-state index is 0.789. The number of anilines is 1. The number of benzene rings is 3. The molecular formula is C17H12Br3N. The molecule has 0 aliphatic heterocycles. The van der Waals surface area contributed by atoms with Gasteiger partial charge in [-0.2, -0.15) is 0 Å². The van der Waals surface area contributed by atoms with Crippen LogP contribution in [0.2, 0.25) is 0 Å². The summed E-state index contributed by atoms with van der Waals surface area (Å²) in [6, 6.07) is 18.9. The van der Waals surface area contributed by atoms with Crippen molar-refractivity contribution in [1.82, 2.24) is 0 Å². The van der Waals surface area contributed by atoms with Crippen LogP contribution in [0.4, 0.5) is 5.69 Å². The van der Waals surface area contributed by atoms with E-state index in [0.29, 0.717) is 0 Å². The van der Waals surface area contributed by atoms with Crippen molar-refractivity contribution in [2.24, 2.45) is 0 Å². The van der Waals surface area contributed by atoms with Crippen LogP contribution in [-0.2, 0) is 6.54 Å². The summed E-state index contributed by atoms with van der Waals surface area (Å²) in [5.41, 5.74) is 2.38. The fourth-order valence-corrected chi connectivity index (χ4v) is 3.41. The number of hydrogen-bond acceptors (Lipinski definition) is 1. The highest BCUT2D eigenvalue weighted by Gasteiger charge is 2.04. The molecule has 1 nitrogen and oxygen atoms in total. The van der Waals surface area contributed by atoms with Gasteiger partial charge in [-0.05, 0) is 67.1 Å². The van der Waals surface area contributed by atoms with Gasteiger partial charge in [-0.1, -0.05) is 46.3 Å². The Labute approximate surface area is 149 Å². The molecule has 3 aromatic rings. The van der Waals surface area contributed by atoms with Crippen LogP contribution >= 0.6 is 47.8 Å². The molecule has 3 rings (SSSR count). The molecule has 0 saturated heterocycles. The molecule has 0 aliphatic rings. The van der Waals surface area contributed by atoms with Crippen molar-refractivity contribution >= 4 is 64.2 Å². The Hall–Kier alpha value is -0.840. The predicted molar refractivity (Wildman–Crippen MR) is 101 cm³/mol. The fourth-order valence-electron chi connectivity index (χ4n) is 2.26. The van der Waals surface area contributed by atoms with Crippen LogP contribution in [0.3, 0.4) is 0 Å². The number of nitrogens with one attached hydrogen (secondary N) is 1. The van der Waals surface area contributed by atoms with E-state index >= 15 is 0 Å². The molecule has 0 unspecified atom stereocenters. The maximum absolute atomic E-state index is 3.61. The lowest BCUT2D eigenvalue weighted by atomic mass is 10.1. The summed E-state index contributed by atoms with van der Waals surface area (Å²) in [4.78, 5) is 0. The van der Waals surface area contributed by atoms with E-state index in [9.17, 15) is 0 Å². The molecule has 0 aliphatic carbocycles. The van der Waals surface area contributed by atoms with E-state index in [1.54, 1.807) is 0 Å². The lowest BCUT2D eigenvalue weighted by molar-refractivity contribution is 1.15. The quantitative estimate of drug-likeness (QED) is 0.448. The Kier molecular flexibility index (Phi) is 4.67. The Bertz CT molecular complexity index is 799. The molecule has 106 valence electrons. The molecule has 4 heteroatoms. The molecule has 0 heterocycles. The van der Waals surface area contributed by atoms with Crippen molar-refractivity contribution in [2.75, 3.05) is 5.32 Å². The monoisotopic (exact) mass is 467 g/mol. The number of halogens is 3. The highest BCUT2D eigenvalue weighted by molar-refractivity contribution is 9.13. The molecule has 0 radical (unpaired) electrons. The van der Waals surface area contributed by atoms with Crippen molar-refractivity contribution in [3.05, 3.63) is 73.6 Å². The van der Waals surface area contributed by atoms with Gasteiger partial charge in [0.25, 0.3) is 0 Å². The Balaban J connectivity index is 1.88. The normalized spacial score (nSPS) is 10.8. The summed E-state index contributed by atoms with van der Waals surface area (Å²) in [6.45, 7) is 0.789. The number of rotatable bonds is 3. The first-order valence-electron chi connectivity index (χ1n) is 6.50.